The molecule has 0 unspecified atom stereocenters. The van der Waals surface area contributed by atoms with E-state index in [4.69, 9.17) is 0 Å². The third kappa shape index (κ3) is 2.14. The molecule has 3 N–H and O–H groups in total. The van der Waals surface area contributed by atoms with Crippen molar-refractivity contribution in [1.29, 1.82) is 0 Å². The molecule has 0 saturated heterocycles. The molecule has 90 valence electrons. The fraction of sp³-hybridized carbons (Fsp3) is 0.333. The highest BCUT2D eigenvalue weighted by Crippen LogP contribution is 2.21. The number of nitrogens with zero attached hydrogens (tertiary/aromatic N) is 1. The van der Waals surface area contributed by atoms with Crippen LogP contribution in [-0.4, -0.2) is 28.7 Å². The number of hydrogen-bond acceptors (Lipinski definition) is 3. The Morgan fingerprint density at radius 3 is 2.88 bits per heavy atom. The van der Waals surface area contributed by atoms with Gasteiger partial charge < -0.3 is 10.6 Å². The summed E-state index contributed by atoms with van der Waals surface area (Å²) < 4.78 is 0. The summed E-state index contributed by atoms with van der Waals surface area (Å²) in [5.74, 6) is -0.0753. The van der Waals surface area contributed by atoms with Crippen LogP contribution in [0.15, 0.2) is 24.4 Å². The molecule has 0 fully saturated rings. The van der Waals surface area contributed by atoms with Gasteiger partial charge in [0.25, 0.3) is 0 Å². The maximum Gasteiger partial charge on any atom is 0.244 e. The second-order valence-electron chi connectivity index (χ2n) is 4.47. The van der Waals surface area contributed by atoms with Gasteiger partial charge in [0, 0.05) is 5.39 Å². The predicted molar refractivity (Wildman–Crippen MR) is 67.9 cm³/mol. The van der Waals surface area contributed by atoms with Crippen LogP contribution in [0.1, 0.15) is 13.8 Å². The zero-order chi connectivity index (χ0) is 12.5. The number of carbonyl (C=O) groups excluding carboxylic acids is 1. The number of fused-ring (bicyclic) bond motifs is 1. The lowest BCUT2D eigenvalue weighted by atomic mass is 10.0. The van der Waals surface area contributed by atoms with Crippen molar-refractivity contribution in [3.8, 4) is 0 Å². The van der Waals surface area contributed by atoms with Gasteiger partial charge >= 0.3 is 0 Å². The van der Waals surface area contributed by atoms with Gasteiger partial charge in [-0.05, 0) is 33.0 Å². The van der Waals surface area contributed by atoms with E-state index in [0.717, 1.165) is 16.6 Å². The SMILES string of the molecule is CNC(C)(C)C(=O)Nc1cccc2[nH]ncc12. The van der Waals surface area contributed by atoms with Crippen LogP contribution in [0, 0.1) is 0 Å². The molecule has 0 spiro atoms. The number of carbonyl (C=O) groups is 1. The number of hydrogen-bond donors (Lipinski definition) is 3. The Hall–Kier alpha value is -1.88. The highest BCUT2D eigenvalue weighted by Gasteiger charge is 2.25. The fourth-order valence-corrected chi connectivity index (χ4v) is 1.47. The highest BCUT2D eigenvalue weighted by molar-refractivity contribution is 6.04. The number of H-pyrrole nitrogens is 1. The summed E-state index contributed by atoms with van der Waals surface area (Å²) in [5.41, 5.74) is 1.07. The normalized spacial score (nSPS) is 11.7. The molecule has 1 aromatic carbocycles. The van der Waals surface area contributed by atoms with Gasteiger partial charge in [0.05, 0.1) is 22.9 Å². The summed E-state index contributed by atoms with van der Waals surface area (Å²) in [5, 5.41) is 13.6. The lowest BCUT2D eigenvalue weighted by molar-refractivity contribution is -0.121. The van der Waals surface area contributed by atoms with Crippen molar-refractivity contribution in [1.82, 2.24) is 15.5 Å². The molecule has 5 nitrogen and oxygen atoms in total. The molecule has 5 heteroatoms. The minimum atomic E-state index is -0.605. The Balaban J connectivity index is 2.30. The fourth-order valence-electron chi connectivity index (χ4n) is 1.47. The van der Waals surface area contributed by atoms with Crippen molar-refractivity contribution in [2.75, 3.05) is 12.4 Å². The smallest absolute Gasteiger partial charge is 0.244 e. The lowest BCUT2D eigenvalue weighted by Crippen LogP contribution is -2.47. The van der Waals surface area contributed by atoms with Crippen LogP contribution in [0.5, 0.6) is 0 Å². The molecule has 0 aliphatic heterocycles. The lowest BCUT2D eigenvalue weighted by Gasteiger charge is -2.22. The molecule has 0 radical (unpaired) electrons. The van der Waals surface area contributed by atoms with Crippen molar-refractivity contribution >= 4 is 22.5 Å². The zero-order valence-electron chi connectivity index (χ0n) is 10.2. The number of aromatic amines is 1. The highest BCUT2D eigenvalue weighted by atomic mass is 16.2. The first kappa shape index (κ1) is 11.6. The van der Waals surface area contributed by atoms with E-state index in [9.17, 15) is 4.79 Å². The predicted octanol–water partition coefficient (Wildman–Crippen LogP) is 1.50. The number of amides is 1. The third-order valence-electron chi connectivity index (χ3n) is 2.93. The molecule has 0 atom stereocenters. The summed E-state index contributed by atoms with van der Waals surface area (Å²) in [4.78, 5) is 12.0. The van der Waals surface area contributed by atoms with E-state index < -0.39 is 5.54 Å². The number of anilines is 1. The first-order valence-electron chi connectivity index (χ1n) is 5.47. The maximum atomic E-state index is 12.0. The maximum absolute atomic E-state index is 12.0. The first-order chi connectivity index (χ1) is 8.04. The van der Waals surface area contributed by atoms with E-state index in [0.29, 0.717) is 0 Å². The van der Waals surface area contributed by atoms with Gasteiger partial charge in [-0.2, -0.15) is 5.10 Å². The third-order valence-corrected chi connectivity index (χ3v) is 2.93. The number of benzene rings is 1. The molecule has 17 heavy (non-hydrogen) atoms. The van der Waals surface area contributed by atoms with Crippen molar-refractivity contribution in [3.05, 3.63) is 24.4 Å². The largest absolute Gasteiger partial charge is 0.324 e. The van der Waals surface area contributed by atoms with E-state index in [2.05, 4.69) is 20.8 Å². The molecular formula is C12H16N4O. The Morgan fingerprint density at radius 2 is 2.18 bits per heavy atom. The van der Waals surface area contributed by atoms with Crippen LogP contribution in [-0.2, 0) is 4.79 Å². The number of aromatic nitrogens is 2. The minimum absolute atomic E-state index is 0.0753. The average molecular weight is 232 g/mol. The van der Waals surface area contributed by atoms with E-state index in [1.54, 1.807) is 13.2 Å². The molecular weight excluding hydrogens is 216 g/mol. The van der Waals surface area contributed by atoms with Crippen LogP contribution in [0.4, 0.5) is 5.69 Å². The van der Waals surface area contributed by atoms with Crippen LogP contribution >= 0.6 is 0 Å². The molecule has 1 aromatic heterocycles. The Morgan fingerprint density at radius 1 is 1.41 bits per heavy atom. The molecule has 0 bridgehead atoms. The van der Waals surface area contributed by atoms with Crippen LogP contribution in [0.2, 0.25) is 0 Å². The van der Waals surface area contributed by atoms with Gasteiger partial charge in [-0.1, -0.05) is 6.07 Å². The molecule has 1 amide bonds. The molecule has 2 rings (SSSR count). The number of nitrogens with one attached hydrogen (secondary N) is 3. The summed E-state index contributed by atoms with van der Waals surface area (Å²) in [6, 6.07) is 5.66. The van der Waals surface area contributed by atoms with Gasteiger partial charge in [0.15, 0.2) is 0 Å². The Bertz CT molecular complexity index is 544. The molecule has 0 aliphatic rings. The molecule has 2 aromatic rings. The van der Waals surface area contributed by atoms with Gasteiger partial charge in [-0.25, -0.2) is 0 Å². The number of rotatable bonds is 3. The summed E-state index contributed by atoms with van der Waals surface area (Å²) in [7, 11) is 1.76. The zero-order valence-corrected chi connectivity index (χ0v) is 10.2. The first-order valence-corrected chi connectivity index (χ1v) is 5.47. The van der Waals surface area contributed by atoms with Crippen molar-refractivity contribution in [2.45, 2.75) is 19.4 Å². The van der Waals surface area contributed by atoms with Crippen LogP contribution in [0.25, 0.3) is 10.9 Å². The summed E-state index contributed by atoms with van der Waals surface area (Å²) in [6.07, 6.45) is 1.71. The second-order valence-corrected chi connectivity index (χ2v) is 4.47. The monoisotopic (exact) mass is 232 g/mol. The van der Waals surface area contributed by atoms with E-state index in [-0.39, 0.29) is 5.91 Å². The summed E-state index contributed by atoms with van der Waals surface area (Å²) >= 11 is 0. The van der Waals surface area contributed by atoms with Crippen LogP contribution in [0.3, 0.4) is 0 Å². The van der Waals surface area contributed by atoms with Crippen molar-refractivity contribution < 1.29 is 4.79 Å². The van der Waals surface area contributed by atoms with Gasteiger partial charge in [-0.15, -0.1) is 0 Å². The van der Waals surface area contributed by atoms with E-state index >= 15 is 0 Å². The standard InChI is InChI=1S/C12H16N4O/c1-12(2,13-3)11(17)15-9-5-4-6-10-8(9)7-14-16-10/h4-7,13H,1-3H3,(H,14,16)(H,15,17). The van der Waals surface area contributed by atoms with E-state index in [1.165, 1.54) is 0 Å². The Labute approximate surface area is 99.6 Å². The quantitative estimate of drug-likeness (QED) is 0.751. The van der Waals surface area contributed by atoms with Gasteiger partial charge in [0.2, 0.25) is 5.91 Å². The summed E-state index contributed by atoms with van der Waals surface area (Å²) in [6.45, 7) is 3.66. The molecule has 1 heterocycles. The van der Waals surface area contributed by atoms with Gasteiger partial charge in [0.1, 0.15) is 0 Å². The topological polar surface area (TPSA) is 69.8 Å². The molecule has 0 aliphatic carbocycles. The minimum Gasteiger partial charge on any atom is -0.324 e. The van der Waals surface area contributed by atoms with E-state index in [1.807, 2.05) is 32.0 Å². The van der Waals surface area contributed by atoms with Gasteiger partial charge in [-0.3, -0.25) is 9.89 Å². The Kier molecular flexibility index (Phi) is 2.85. The van der Waals surface area contributed by atoms with Crippen molar-refractivity contribution in [3.63, 3.8) is 0 Å². The van der Waals surface area contributed by atoms with Crippen LogP contribution < -0.4 is 10.6 Å². The number of likely N-dealkylation sites (N-methyl/N-ethyl adjacent to an activating group) is 1. The second kappa shape index (κ2) is 4.18. The van der Waals surface area contributed by atoms with Crippen molar-refractivity contribution in [2.24, 2.45) is 0 Å². The molecule has 0 saturated carbocycles. The average Bonchev–Trinajstić information content (AvgIpc) is 2.78.